The van der Waals surface area contributed by atoms with Gasteiger partial charge in [-0.3, -0.25) is 14.6 Å². The van der Waals surface area contributed by atoms with Crippen molar-refractivity contribution in [2.45, 2.75) is 91.0 Å². The lowest BCUT2D eigenvalue weighted by atomic mass is 9.93. The molecule has 4 rings (SSSR count). The first-order valence-corrected chi connectivity index (χ1v) is 15.5. The minimum absolute atomic E-state index is 0.00557. The van der Waals surface area contributed by atoms with Crippen LogP contribution in [-0.2, 0) is 4.79 Å². The Kier molecular flexibility index (Phi) is 10.1. The topological polar surface area (TPSA) is 65.9 Å². The molecule has 0 spiro atoms. The van der Waals surface area contributed by atoms with Gasteiger partial charge in [-0.25, -0.2) is 4.98 Å². The first-order valence-electron chi connectivity index (χ1n) is 15.1. The lowest BCUT2D eigenvalue weighted by molar-refractivity contribution is -0.132. The van der Waals surface area contributed by atoms with Crippen LogP contribution in [0.4, 0.5) is 0 Å². The standard InChI is InChI=1S/C34H45ClN4O2/c1-7-23(2)31(36-21-24(3)25(4)27-14-10-15-28(35)20-27)33(41)39-19-18-38(22-34(39,5)6)32(40)30-17-11-16-29(37-30)26-12-8-9-13-26/h10-11,14-17,20-21,23,25-26H,7-9,12-13,18-19,22H2,1-6H3/b24-21+,36-31?. The van der Waals surface area contributed by atoms with Crippen molar-refractivity contribution in [3.63, 3.8) is 0 Å². The van der Waals surface area contributed by atoms with Gasteiger partial charge in [0.05, 0.1) is 5.54 Å². The average Bonchev–Trinajstić information content (AvgIpc) is 3.51. The molecular formula is C34H45ClN4O2. The Morgan fingerprint density at radius 3 is 2.49 bits per heavy atom. The molecule has 7 heteroatoms. The number of benzene rings is 1. The molecule has 2 amide bonds. The second-order valence-corrected chi connectivity index (χ2v) is 12.8. The van der Waals surface area contributed by atoms with Crippen molar-refractivity contribution >= 4 is 29.1 Å². The predicted octanol–water partition coefficient (Wildman–Crippen LogP) is 7.65. The van der Waals surface area contributed by atoms with Crippen LogP contribution in [-0.4, -0.2) is 57.5 Å². The van der Waals surface area contributed by atoms with Gasteiger partial charge in [-0.05, 0) is 75.4 Å². The zero-order valence-corrected chi connectivity index (χ0v) is 26.2. The van der Waals surface area contributed by atoms with Crippen molar-refractivity contribution in [3.8, 4) is 0 Å². The molecule has 2 heterocycles. The summed E-state index contributed by atoms with van der Waals surface area (Å²) in [6.07, 6.45) is 7.39. The van der Waals surface area contributed by atoms with Gasteiger partial charge in [0, 0.05) is 54.3 Å². The zero-order valence-electron chi connectivity index (χ0n) is 25.5. The van der Waals surface area contributed by atoms with E-state index in [1.54, 1.807) is 0 Å². The van der Waals surface area contributed by atoms with Crippen molar-refractivity contribution in [2.75, 3.05) is 19.6 Å². The molecule has 2 atom stereocenters. The maximum absolute atomic E-state index is 14.0. The molecule has 0 bridgehead atoms. The molecule has 2 fully saturated rings. The van der Waals surface area contributed by atoms with Crippen LogP contribution in [0.5, 0.6) is 0 Å². The van der Waals surface area contributed by atoms with E-state index in [1.165, 1.54) is 12.8 Å². The summed E-state index contributed by atoms with van der Waals surface area (Å²) in [5, 5.41) is 0.707. The first-order chi connectivity index (χ1) is 19.5. The highest BCUT2D eigenvalue weighted by molar-refractivity contribution is 6.39. The molecule has 0 N–H and O–H groups in total. The van der Waals surface area contributed by atoms with Crippen molar-refractivity contribution < 1.29 is 9.59 Å². The first kappa shape index (κ1) is 31.0. The fourth-order valence-corrected chi connectivity index (χ4v) is 6.13. The Labute approximate surface area is 250 Å². The van der Waals surface area contributed by atoms with Crippen molar-refractivity contribution in [1.29, 1.82) is 0 Å². The number of piperazine rings is 1. The van der Waals surface area contributed by atoms with Gasteiger partial charge < -0.3 is 9.80 Å². The number of amides is 2. The van der Waals surface area contributed by atoms with Gasteiger partial charge in [0.15, 0.2) is 0 Å². The van der Waals surface area contributed by atoms with E-state index in [0.29, 0.717) is 42.0 Å². The Bertz CT molecular complexity index is 1310. The normalized spacial score (nSPS) is 19.8. The van der Waals surface area contributed by atoms with Crippen molar-refractivity contribution in [1.82, 2.24) is 14.8 Å². The number of carbonyl (C=O) groups excluding carboxylic acids is 2. The number of aliphatic imine (C=N–C) groups is 1. The maximum atomic E-state index is 14.0. The van der Waals surface area contributed by atoms with Gasteiger partial charge in [0.1, 0.15) is 11.4 Å². The van der Waals surface area contributed by atoms with Gasteiger partial charge >= 0.3 is 0 Å². The summed E-state index contributed by atoms with van der Waals surface area (Å²) in [7, 11) is 0. The highest BCUT2D eigenvalue weighted by Crippen LogP contribution is 2.33. The molecule has 220 valence electrons. The summed E-state index contributed by atoms with van der Waals surface area (Å²) in [6, 6.07) is 13.7. The molecule has 41 heavy (non-hydrogen) atoms. The van der Waals surface area contributed by atoms with Gasteiger partial charge in [-0.1, -0.05) is 63.4 Å². The van der Waals surface area contributed by atoms with Gasteiger partial charge in [0.2, 0.25) is 0 Å². The SMILES string of the molecule is CCC(C)C(=N/C=C(\C)C(C)c1cccc(Cl)c1)C(=O)N1CCN(C(=O)c2cccc(C3CCCC3)n2)CC1(C)C. The fraction of sp³-hybridized carbons (Fsp3) is 0.529. The molecule has 1 saturated heterocycles. The quantitative estimate of drug-likeness (QED) is 0.303. The van der Waals surface area contributed by atoms with Crippen LogP contribution in [0.2, 0.25) is 5.02 Å². The highest BCUT2D eigenvalue weighted by atomic mass is 35.5. The average molecular weight is 577 g/mol. The Hall–Kier alpha value is -2.99. The van der Waals surface area contributed by atoms with Crippen molar-refractivity contribution in [2.24, 2.45) is 10.9 Å². The molecule has 1 aromatic carbocycles. The molecule has 2 unspecified atom stereocenters. The van der Waals surface area contributed by atoms with E-state index in [4.69, 9.17) is 21.6 Å². The summed E-state index contributed by atoms with van der Waals surface area (Å²) in [6.45, 7) is 13.7. The molecule has 1 aliphatic heterocycles. The Balaban J connectivity index is 1.50. The van der Waals surface area contributed by atoms with Crippen molar-refractivity contribution in [3.05, 3.63) is 76.2 Å². The smallest absolute Gasteiger partial charge is 0.272 e. The van der Waals surface area contributed by atoms with E-state index >= 15 is 0 Å². The summed E-state index contributed by atoms with van der Waals surface area (Å²) in [5.41, 5.74) is 3.72. The summed E-state index contributed by atoms with van der Waals surface area (Å²) in [4.78, 5) is 40.8. The maximum Gasteiger partial charge on any atom is 0.272 e. The molecule has 1 aromatic heterocycles. The Morgan fingerprint density at radius 2 is 1.83 bits per heavy atom. The molecular weight excluding hydrogens is 532 g/mol. The van der Waals surface area contributed by atoms with Crippen LogP contribution in [0.15, 0.2) is 59.2 Å². The van der Waals surface area contributed by atoms with E-state index in [2.05, 4.69) is 32.9 Å². The number of halogens is 1. The summed E-state index contributed by atoms with van der Waals surface area (Å²) < 4.78 is 0. The van der Waals surface area contributed by atoms with Crippen LogP contribution >= 0.6 is 11.6 Å². The number of hydrogen-bond donors (Lipinski definition) is 0. The predicted molar refractivity (Wildman–Crippen MR) is 168 cm³/mol. The second-order valence-electron chi connectivity index (χ2n) is 12.4. The van der Waals surface area contributed by atoms with Gasteiger partial charge in [-0.15, -0.1) is 0 Å². The monoisotopic (exact) mass is 576 g/mol. The fourth-order valence-electron chi connectivity index (χ4n) is 5.93. The summed E-state index contributed by atoms with van der Waals surface area (Å²) in [5.74, 6) is 0.466. The number of rotatable bonds is 8. The molecule has 2 aliphatic rings. The molecule has 1 aliphatic carbocycles. The van der Waals surface area contributed by atoms with E-state index in [-0.39, 0.29) is 23.7 Å². The van der Waals surface area contributed by atoms with Gasteiger partial charge in [0.25, 0.3) is 11.8 Å². The van der Waals surface area contributed by atoms with Crippen LogP contribution in [0, 0.1) is 5.92 Å². The molecule has 2 aromatic rings. The molecule has 6 nitrogen and oxygen atoms in total. The van der Waals surface area contributed by atoms with Crippen LogP contribution in [0.25, 0.3) is 0 Å². The minimum Gasteiger partial charge on any atom is -0.333 e. The lowest BCUT2D eigenvalue weighted by Crippen LogP contribution is -2.63. The van der Waals surface area contributed by atoms with Crippen LogP contribution < -0.4 is 0 Å². The van der Waals surface area contributed by atoms with E-state index < -0.39 is 5.54 Å². The van der Waals surface area contributed by atoms with Crippen LogP contribution in [0.3, 0.4) is 0 Å². The Morgan fingerprint density at radius 1 is 1.12 bits per heavy atom. The van der Waals surface area contributed by atoms with Crippen LogP contribution in [0.1, 0.15) is 107 Å². The number of carbonyl (C=O) groups is 2. The lowest BCUT2D eigenvalue weighted by Gasteiger charge is -2.47. The third-order valence-electron chi connectivity index (χ3n) is 8.93. The molecule has 0 radical (unpaired) electrons. The number of aromatic nitrogens is 1. The zero-order chi connectivity index (χ0) is 29.7. The minimum atomic E-state index is -0.547. The second kappa shape index (κ2) is 13.3. The highest BCUT2D eigenvalue weighted by Gasteiger charge is 2.40. The van der Waals surface area contributed by atoms with Gasteiger partial charge in [-0.2, -0.15) is 0 Å². The van der Waals surface area contributed by atoms with E-state index in [9.17, 15) is 9.59 Å². The molecule has 1 saturated carbocycles. The number of allylic oxidation sites excluding steroid dienone is 1. The third-order valence-corrected chi connectivity index (χ3v) is 9.17. The number of hydrogen-bond acceptors (Lipinski definition) is 4. The third kappa shape index (κ3) is 7.27. The number of pyridine rings is 1. The largest absolute Gasteiger partial charge is 0.333 e. The van der Waals surface area contributed by atoms with E-state index in [1.807, 2.05) is 67.1 Å². The number of nitrogens with zero attached hydrogens (tertiary/aromatic N) is 4. The van der Waals surface area contributed by atoms with E-state index in [0.717, 1.165) is 36.1 Å². The summed E-state index contributed by atoms with van der Waals surface area (Å²) >= 11 is 6.21.